The first kappa shape index (κ1) is 13.6. The summed E-state index contributed by atoms with van der Waals surface area (Å²) in [7, 11) is 0. The van der Waals surface area contributed by atoms with E-state index in [-0.39, 0.29) is 0 Å². The van der Waals surface area contributed by atoms with Crippen LogP contribution in [0.1, 0.15) is 41.9 Å². The monoisotopic (exact) mass is 288 g/mol. The Labute approximate surface area is 124 Å². The van der Waals surface area contributed by atoms with Crippen LogP contribution in [0, 0.1) is 0 Å². The lowest BCUT2D eigenvalue weighted by atomic mass is 9.94. The van der Waals surface area contributed by atoms with Crippen molar-refractivity contribution in [3.05, 3.63) is 45.9 Å². The Hall–Kier alpha value is -1.39. The van der Waals surface area contributed by atoms with Crippen LogP contribution in [0.2, 0.25) is 0 Å². The molecule has 1 aromatic heterocycles. The molecular weight excluding hydrogens is 268 g/mol. The molecule has 0 spiro atoms. The molecule has 1 aliphatic heterocycles. The topological polar surface area (TPSA) is 34.1 Å². The Kier molecular flexibility index (Phi) is 4.33. The number of benzene rings is 1. The van der Waals surface area contributed by atoms with Gasteiger partial charge in [-0.25, -0.2) is 4.98 Å². The Morgan fingerprint density at radius 2 is 2.30 bits per heavy atom. The third kappa shape index (κ3) is 2.86. The molecule has 2 aromatic rings. The lowest BCUT2D eigenvalue weighted by Gasteiger charge is -2.24. The van der Waals surface area contributed by atoms with Gasteiger partial charge >= 0.3 is 0 Å². The highest BCUT2D eigenvalue weighted by atomic mass is 32.1. The molecule has 0 saturated heterocycles. The van der Waals surface area contributed by atoms with Crippen molar-refractivity contribution in [2.75, 3.05) is 13.2 Å². The van der Waals surface area contributed by atoms with E-state index in [9.17, 15) is 0 Å². The van der Waals surface area contributed by atoms with Gasteiger partial charge in [-0.1, -0.05) is 25.1 Å². The van der Waals surface area contributed by atoms with Gasteiger partial charge in [0.15, 0.2) is 0 Å². The van der Waals surface area contributed by atoms with Crippen molar-refractivity contribution in [1.29, 1.82) is 0 Å². The molecule has 0 saturated carbocycles. The van der Waals surface area contributed by atoms with E-state index in [0.717, 1.165) is 44.0 Å². The molecule has 0 amide bonds. The van der Waals surface area contributed by atoms with E-state index in [2.05, 4.69) is 35.8 Å². The molecule has 1 N–H and O–H groups in total. The Bertz CT molecular complexity index is 567. The summed E-state index contributed by atoms with van der Waals surface area (Å²) >= 11 is 1.77. The summed E-state index contributed by atoms with van der Waals surface area (Å²) in [6.45, 7) is 4.88. The maximum atomic E-state index is 5.73. The van der Waals surface area contributed by atoms with E-state index in [1.165, 1.54) is 10.6 Å². The molecule has 0 aliphatic carbocycles. The maximum Gasteiger partial charge on any atom is 0.123 e. The van der Waals surface area contributed by atoms with Crippen molar-refractivity contribution in [1.82, 2.24) is 10.3 Å². The highest BCUT2D eigenvalue weighted by Gasteiger charge is 2.24. The van der Waals surface area contributed by atoms with Gasteiger partial charge in [0.25, 0.3) is 0 Å². The van der Waals surface area contributed by atoms with Gasteiger partial charge in [0.2, 0.25) is 0 Å². The van der Waals surface area contributed by atoms with Crippen molar-refractivity contribution in [3.8, 4) is 5.75 Å². The molecule has 106 valence electrons. The maximum absolute atomic E-state index is 5.73. The van der Waals surface area contributed by atoms with Crippen LogP contribution in [0.3, 0.4) is 0 Å². The predicted octanol–water partition coefficient (Wildman–Crippen LogP) is 3.56. The van der Waals surface area contributed by atoms with Crippen molar-refractivity contribution >= 4 is 11.3 Å². The fraction of sp³-hybridized carbons (Fsp3) is 0.438. The number of para-hydroxylation sites is 1. The van der Waals surface area contributed by atoms with Crippen molar-refractivity contribution in [3.63, 3.8) is 0 Å². The average molecular weight is 288 g/mol. The number of thiazole rings is 1. The molecule has 0 radical (unpaired) electrons. The first-order valence-corrected chi connectivity index (χ1v) is 8.13. The van der Waals surface area contributed by atoms with Crippen LogP contribution in [0.25, 0.3) is 0 Å². The van der Waals surface area contributed by atoms with Crippen molar-refractivity contribution in [2.24, 2.45) is 0 Å². The molecular formula is C16H20N2OS. The molecule has 0 bridgehead atoms. The Morgan fingerprint density at radius 1 is 1.40 bits per heavy atom. The van der Waals surface area contributed by atoms with Crippen LogP contribution in [0.5, 0.6) is 5.75 Å². The highest BCUT2D eigenvalue weighted by molar-refractivity contribution is 7.09. The van der Waals surface area contributed by atoms with Gasteiger partial charge in [-0.3, -0.25) is 0 Å². The van der Waals surface area contributed by atoms with Crippen LogP contribution in [0.4, 0.5) is 0 Å². The van der Waals surface area contributed by atoms with Gasteiger partial charge in [0.1, 0.15) is 10.8 Å². The number of aromatic nitrogens is 1. The smallest absolute Gasteiger partial charge is 0.123 e. The number of ether oxygens (including phenoxy) is 1. The lowest BCUT2D eigenvalue weighted by molar-refractivity contribution is 0.276. The minimum absolute atomic E-state index is 0.393. The van der Waals surface area contributed by atoms with Crippen molar-refractivity contribution < 1.29 is 4.74 Å². The van der Waals surface area contributed by atoms with Gasteiger partial charge in [-0.05, 0) is 25.5 Å². The van der Waals surface area contributed by atoms with Crippen LogP contribution >= 0.6 is 11.3 Å². The minimum Gasteiger partial charge on any atom is -0.493 e. The zero-order valence-corrected chi connectivity index (χ0v) is 12.6. The number of nitrogens with one attached hydrogen (secondary N) is 1. The zero-order chi connectivity index (χ0) is 13.8. The van der Waals surface area contributed by atoms with Gasteiger partial charge < -0.3 is 10.1 Å². The van der Waals surface area contributed by atoms with Crippen LogP contribution in [-0.2, 0) is 6.54 Å². The summed E-state index contributed by atoms with van der Waals surface area (Å²) in [4.78, 5) is 4.81. The molecule has 4 heteroatoms. The number of hydrogen-bond acceptors (Lipinski definition) is 4. The first-order valence-electron chi connectivity index (χ1n) is 7.25. The number of nitrogens with zero attached hydrogens (tertiary/aromatic N) is 1. The van der Waals surface area contributed by atoms with Gasteiger partial charge in [-0.2, -0.15) is 0 Å². The molecule has 1 unspecified atom stereocenters. The largest absolute Gasteiger partial charge is 0.493 e. The van der Waals surface area contributed by atoms with E-state index in [4.69, 9.17) is 9.72 Å². The average Bonchev–Trinajstić information content (AvgIpc) is 2.96. The Balaban J connectivity index is 1.77. The zero-order valence-electron chi connectivity index (χ0n) is 11.8. The third-order valence-electron chi connectivity index (χ3n) is 3.56. The van der Waals surface area contributed by atoms with E-state index < -0.39 is 0 Å². The summed E-state index contributed by atoms with van der Waals surface area (Å²) < 4.78 is 5.73. The van der Waals surface area contributed by atoms with Crippen LogP contribution in [0.15, 0.2) is 29.6 Å². The first-order chi connectivity index (χ1) is 9.88. The van der Waals surface area contributed by atoms with E-state index in [1.807, 2.05) is 6.07 Å². The third-order valence-corrected chi connectivity index (χ3v) is 4.57. The second-order valence-corrected chi connectivity index (χ2v) is 5.97. The molecule has 0 fully saturated rings. The summed E-state index contributed by atoms with van der Waals surface area (Å²) in [6.07, 6.45) is 2.18. The predicted molar refractivity (Wildman–Crippen MR) is 82.5 cm³/mol. The molecule has 1 atom stereocenters. The number of fused-ring (bicyclic) bond motifs is 1. The van der Waals surface area contributed by atoms with Crippen LogP contribution < -0.4 is 10.1 Å². The van der Waals surface area contributed by atoms with E-state index >= 15 is 0 Å². The van der Waals surface area contributed by atoms with E-state index in [0.29, 0.717) is 5.92 Å². The Morgan fingerprint density at radius 3 is 3.20 bits per heavy atom. The summed E-state index contributed by atoms with van der Waals surface area (Å²) in [5, 5.41) is 6.80. The lowest BCUT2D eigenvalue weighted by Crippen LogP contribution is -2.16. The second-order valence-electron chi connectivity index (χ2n) is 5.08. The summed E-state index contributed by atoms with van der Waals surface area (Å²) in [5.74, 6) is 1.41. The van der Waals surface area contributed by atoms with Gasteiger partial charge in [-0.15, -0.1) is 11.3 Å². The van der Waals surface area contributed by atoms with Gasteiger partial charge in [0, 0.05) is 23.4 Å². The molecule has 3 nitrogen and oxygen atoms in total. The summed E-state index contributed by atoms with van der Waals surface area (Å²) in [6, 6.07) is 8.33. The fourth-order valence-corrected chi connectivity index (χ4v) is 3.53. The minimum atomic E-state index is 0.393. The SMILES string of the molecule is CCCNCc1csc(C2CCOc3ccccc32)n1. The highest BCUT2D eigenvalue weighted by Crippen LogP contribution is 2.38. The molecule has 3 rings (SSSR count). The fourth-order valence-electron chi connectivity index (χ4n) is 2.56. The second kappa shape index (κ2) is 6.37. The van der Waals surface area contributed by atoms with Crippen LogP contribution in [-0.4, -0.2) is 18.1 Å². The number of hydrogen-bond donors (Lipinski definition) is 1. The normalized spacial score (nSPS) is 17.6. The van der Waals surface area contributed by atoms with Gasteiger partial charge in [0.05, 0.1) is 12.3 Å². The number of rotatable bonds is 5. The molecule has 1 aromatic carbocycles. The molecule has 20 heavy (non-hydrogen) atoms. The standard InChI is InChI=1S/C16H20N2OS/c1-2-8-17-10-12-11-20-16(18-12)14-7-9-19-15-6-4-3-5-13(14)15/h3-6,11,14,17H,2,7-10H2,1H3. The van der Waals surface area contributed by atoms with Crippen molar-refractivity contribution in [2.45, 2.75) is 32.2 Å². The quantitative estimate of drug-likeness (QED) is 0.854. The van der Waals surface area contributed by atoms with E-state index in [1.54, 1.807) is 11.3 Å². The summed E-state index contributed by atoms with van der Waals surface area (Å²) in [5.41, 5.74) is 2.43. The molecule has 1 aliphatic rings. The molecule has 2 heterocycles.